The van der Waals surface area contributed by atoms with Crippen LogP contribution in [0.5, 0.6) is 0 Å². The number of likely N-dealkylation sites (tertiary alicyclic amines) is 1. The molecule has 1 atom stereocenters. The summed E-state index contributed by atoms with van der Waals surface area (Å²) in [6.07, 6.45) is -2.78. The zero-order valence-electron chi connectivity index (χ0n) is 19.0. The van der Waals surface area contributed by atoms with Crippen molar-refractivity contribution in [2.75, 3.05) is 31.6 Å². The molecule has 0 bridgehead atoms. The van der Waals surface area contributed by atoms with Gasteiger partial charge in [0.25, 0.3) is 0 Å². The Morgan fingerprint density at radius 2 is 1.97 bits per heavy atom. The Morgan fingerprint density at radius 3 is 2.61 bits per heavy atom. The molecule has 1 saturated heterocycles. The highest BCUT2D eigenvalue weighted by atomic mass is 35.5. The molecule has 1 aliphatic carbocycles. The molecule has 0 saturated carbocycles. The third-order valence-corrected chi connectivity index (χ3v) is 7.24. The van der Waals surface area contributed by atoms with Crippen LogP contribution in [0.3, 0.4) is 0 Å². The van der Waals surface area contributed by atoms with E-state index in [2.05, 4.69) is 24.0 Å². The number of halogens is 4. The number of rotatable bonds is 6. The van der Waals surface area contributed by atoms with Crippen LogP contribution in [0.4, 0.5) is 18.9 Å². The molecule has 0 radical (unpaired) electrons. The molecule has 1 heterocycles. The molecule has 178 valence electrons. The minimum atomic E-state index is -4.50. The molecule has 1 fully saturated rings. The minimum Gasteiger partial charge on any atom is -0.469 e. The van der Waals surface area contributed by atoms with Gasteiger partial charge in [0.1, 0.15) is 0 Å². The Kier molecular flexibility index (Phi) is 6.65. The molecule has 2 aromatic carbocycles. The van der Waals surface area contributed by atoms with Crippen molar-refractivity contribution in [1.82, 2.24) is 4.90 Å². The number of anilines is 1. The van der Waals surface area contributed by atoms with E-state index in [1.54, 1.807) is 6.07 Å². The number of methoxy groups -OCH3 is 1. The average molecular weight is 481 g/mol. The van der Waals surface area contributed by atoms with Gasteiger partial charge in [0.05, 0.1) is 29.7 Å². The van der Waals surface area contributed by atoms with Crippen molar-refractivity contribution < 1.29 is 22.7 Å². The first-order valence-corrected chi connectivity index (χ1v) is 11.6. The standard InChI is InChI=1S/C25H28ClF3N2O2/c1-4-31(17-6-9-22(26)21(11-17)25(27,28)29)23-10-8-18-19(23)7-5-15(2)20(18)14-30-12-16(13-30)24(32)33-3/h5-7,9,11,16,23H,4,8,10,12-14H2,1-3H3. The van der Waals surface area contributed by atoms with E-state index >= 15 is 0 Å². The second-order valence-electron chi connectivity index (χ2n) is 8.85. The molecule has 33 heavy (non-hydrogen) atoms. The van der Waals surface area contributed by atoms with E-state index in [4.69, 9.17) is 16.3 Å². The van der Waals surface area contributed by atoms with Gasteiger partial charge in [-0.15, -0.1) is 0 Å². The third-order valence-electron chi connectivity index (χ3n) is 6.91. The van der Waals surface area contributed by atoms with Crippen LogP contribution in [-0.4, -0.2) is 37.6 Å². The van der Waals surface area contributed by atoms with E-state index < -0.39 is 11.7 Å². The van der Waals surface area contributed by atoms with Crippen LogP contribution in [0.15, 0.2) is 30.3 Å². The van der Waals surface area contributed by atoms with Gasteiger partial charge in [-0.25, -0.2) is 0 Å². The van der Waals surface area contributed by atoms with Crippen LogP contribution in [0.1, 0.15) is 47.2 Å². The van der Waals surface area contributed by atoms with E-state index in [0.29, 0.717) is 25.3 Å². The highest BCUT2D eigenvalue weighted by Gasteiger charge is 2.37. The van der Waals surface area contributed by atoms with Gasteiger partial charge >= 0.3 is 12.1 Å². The molecular formula is C25H28ClF3N2O2. The molecule has 2 aliphatic rings. The van der Waals surface area contributed by atoms with Crippen molar-refractivity contribution in [1.29, 1.82) is 0 Å². The lowest BCUT2D eigenvalue weighted by Crippen LogP contribution is -2.50. The summed E-state index contributed by atoms with van der Waals surface area (Å²) in [7, 11) is 1.41. The molecule has 0 spiro atoms. The number of benzene rings is 2. The van der Waals surface area contributed by atoms with Gasteiger partial charge in [0.15, 0.2) is 0 Å². The number of hydrogen-bond donors (Lipinski definition) is 0. The Bertz CT molecular complexity index is 1050. The Balaban J connectivity index is 1.59. The summed E-state index contributed by atoms with van der Waals surface area (Å²) >= 11 is 5.84. The maximum Gasteiger partial charge on any atom is 0.417 e. The Hall–Kier alpha value is -2.25. The quantitative estimate of drug-likeness (QED) is 0.490. The fraction of sp³-hybridized carbons (Fsp3) is 0.480. The molecule has 0 N–H and O–H groups in total. The van der Waals surface area contributed by atoms with Gasteiger partial charge in [-0.05, 0) is 67.1 Å². The summed E-state index contributed by atoms with van der Waals surface area (Å²) < 4.78 is 45.1. The summed E-state index contributed by atoms with van der Waals surface area (Å²) in [6, 6.07) is 8.38. The fourth-order valence-electron chi connectivity index (χ4n) is 5.15. The second-order valence-corrected chi connectivity index (χ2v) is 9.25. The Labute approximate surface area is 197 Å². The predicted molar refractivity (Wildman–Crippen MR) is 122 cm³/mol. The number of aryl methyl sites for hydroxylation is 1. The molecule has 1 aliphatic heterocycles. The van der Waals surface area contributed by atoms with Crippen molar-refractivity contribution in [2.45, 2.75) is 45.5 Å². The number of carbonyl (C=O) groups is 1. The predicted octanol–water partition coefficient (Wildman–Crippen LogP) is 5.79. The number of nitrogens with zero attached hydrogens (tertiary/aromatic N) is 2. The van der Waals surface area contributed by atoms with Crippen molar-refractivity contribution in [3.63, 3.8) is 0 Å². The van der Waals surface area contributed by atoms with Crippen LogP contribution < -0.4 is 4.90 Å². The number of esters is 1. The van der Waals surface area contributed by atoms with Crippen LogP contribution in [0, 0.1) is 12.8 Å². The smallest absolute Gasteiger partial charge is 0.417 e. The van der Waals surface area contributed by atoms with Crippen molar-refractivity contribution >= 4 is 23.3 Å². The lowest BCUT2D eigenvalue weighted by Gasteiger charge is -2.38. The van der Waals surface area contributed by atoms with Crippen LogP contribution in [-0.2, 0) is 28.7 Å². The molecule has 0 aromatic heterocycles. The summed E-state index contributed by atoms with van der Waals surface area (Å²) in [5, 5.41) is -0.285. The topological polar surface area (TPSA) is 32.8 Å². The van der Waals surface area contributed by atoms with Gasteiger partial charge in [0, 0.05) is 31.9 Å². The monoisotopic (exact) mass is 480 g/mol. The Morgan fingerprint density at radius 1 is 1.24 bits per heavy atom. The molecule has 8 heteroatoms. The molecule has 4 rings (SSSR count). The summed E-state index contributed by atoms with van der Waals surface area (Å²) in [4.78, 5) is 16.0. The number of hydrogen-bond acceptors (Lipinski definition) is 4. The van der Waals surface area contributed by atoms with E-state index in [1.165, 1.54) is 35.4 Å². The normalized spacial score (nSPS) is 18.7. The lowest BCUT2D eigenvalue weighted by molar-refractivity contribution is -0.151. The van der Waals surface area contributed by atoms with Gasteiger partial charge in [0.2, 0.25) is 0 Å². The maximum atomic E-state index is 13.4. The average Bonchev–Trinajstić information content (AvgIpc) is 3.16. The number of alkyl halides is 3. The first kappa shape index (κ1) is 23.9. The van der Waals surface area contributed by atoms with E-state index in [-0.39, 0.29) is 23.0 Å². The van der Waals surface area contributed by atoms with E-state index in [9.17, 15) is 18.0 Å². The van der Waals surface area contributed by atoms with Crippen molar-refractivity contribution in [3.05, 3.63) is 63.2 Å². The summed E-state index contributed by atoms with van der Waals surface area (Å²) in [5.41, 5.74) is 4.64. The van der Waals surface area contributed by atoms with Gasteiger partial charge < -0.3 is 9.64 Å². The number of carbonyl (C=O) groups excluding carboxylic acids is 1. The lowest BCUT2D eigenvalue weighted by atomic mass is 9.93. The molecule has 0 amide bonds. The highest BCUT2D eigenvalue weighted by molar-refractivity contribution is 6.31. The van der Waals surface area contributed by atoms with Gasteiger partial charge in [-0.2, -0.15) is 13.2 Å². The van der Waals surface area contributed by atoms with Crippen LogP contribution in [0.25, 0.3) is 0 Å². The largest absolute Gasteiger partial charge is 0.469 e. The summed E-state index contributed by atoms with van der Waals surface area (Å²) in [6.45, 7) is 6.77. The third kappa shape index (κ3) is 4.58. The van der Waals surface area contributed by atoms with E-state index in [1.807, 2.05) is 11.8 Å². The minimum absolute atomic E-state index is 0.00539. The zero-order valence-corrected chi connectivity index (χ0v) is 19.8. The fourth-order valence-corrected chi connectivity index (χ4v) is 5.37. The number of ether oxygens (including phenoxy) is 1. The zero-order chi connectivity index (χ0) is 23.9. The first-order valence-electron chi connectivity index (χ1n) is 11.2. The molecule has 2 aromatic rings. The van der Waals surface area contributed by atoms with Crippen molar-refractivity contribution in [3.8, 4) is 0 Å². The molecular weight excluding hydrogens is 453 g/mol. The highest BCUT2D eigenvalue weighted by Crippen LogP contribution is 2.43. The van der Waals surface area contributed by atoms with Crippen molar-refractivity contribution in [2.24, 2.45) is 5.92 Å². The van der Waals surface area contributed by atoms with Gasteiger partial charge in [-0.1, -0.05) is 23.7 Å². The SMILES string of the molecule is CCN(c1ccc(Cl)c(C(F)(F)F)c1)C1CCc2c1ccc(C)c2CN1CC(C(=O)OC)C1. The van der Waals surface area contributed by atoms with Gasteiger partial charge in [-0.3, -0.25) is 9.69 Å². The second kappa shape index (κ2) is 9.18. The summed E-state index contributed by atoms with van der Waals surface area (Å²) in [5.74, 6) is -0.232. The van der Waals surface area contributed by atoms with Crippen LogP contribution >= 0.6 is 11.6 Å². The van der Waals surface area contributed by atoms with Crippen LogP contribution in [0.2, 0.25) is 5.02 Å². The van der Waals surface area contributed by atoms with E-state index in [0.717, 1.165) is 25.5 Å². The maximum absolute atomic E-state index is 13.4. The molecule has 4 nitrogen and oxygen atoms in total. The number of fused-ring (bicyclic) bond motifs is 1. The molecule has 1 unspecified atom stereocenters. The first-order chi connectivity index (χ1) is 15.6.